The number of hydrogen-bond donors (Lipinski definition) is 2. The Morgan fingerprint density at radius 3 is 2.87 bits per heavy atom. The summed E-state index contributed by atoms with van der Waals surface area (Å²) in [7, 11) is 0. The molecule has 0 amide bonds. The van der Waals surface area contributed by atoms with Crippen molar-refractivity contribution in [1.82, 2.24) is 20.3 Å². The van der Waals surface area contributed by atoms with Gasteiger partial charge in [0, 0.05) is 13.1 Å². The molecule has 124 valence electrons. The average molecular weight is 382 g/mol. The van der Waals surface area contributed by atoms with Crippen molar-refractivity contribution in [1.29, 1.82) is 0 Å². The van der Waals surface area contributed by atoms with E-state index >= 15 is 0 Å². The molecular weight excluding hydrogens is 371 g/mol. The van der Waals surface area contributed by atoms with E-state index in [1.54, 1.807) is 0 Å². The van der Waals surface area contributed by atoms with E-state index in [9.17, 15) is 13.6 Å². The number of rotatable bonds is 2. The standard InChI is InChI=1S/C12H11Cl2F2N5OS/c13-6-10(21-2-1-17-3-12(15,16)4-21)19-9(20-11(6)22)7-8(14)18-5-23-7/h5,17H,1-4H2,(H,19,20,22). The average Bonchev–Trinajstić information content (AvgIpc) is 2.82. The van der Waals surface area contributed by atoms with Gasteiger partial charge in [-0.1, -0.05) is 23.2 Å². The molecule has 0 aliphatic carbocycles. The lowest BCUT2D eigenvalue weighted by Crippen LogP contribution is -2.39. The van der Waals surface area contributed by atoms with Gasteiger partial charge in [-0.05, 0) is 0 Å². The molecule has 6 nitrogen and oxygen atoms in total. The first kappa shape index (κ1) is 16.6. The quantitative estimate of drug-likeness (QED) is 0.834. The number of H-pyrrole nitrogens is 1. The van der Waals surface area contributed by atoms with Crippen molar-refractivity contribution >= 4 is 40.4 Å². The highest BCUT2D eigenvalue weighted by atomic mass is 35.5. The fourth-order valence-corrected chi connectivity index (χ4v) is 3.39. The molecular formula is C12H11Cl2F2N5OS. The molecule has 0 unspecified atom stereocenters. The maximum Gasteiger partial charge on any atom is 0.277 e. The van der Waals surface area contributed by atoms with Crippen molar-refractivity contribution in [3.63, 3.8) is 0 Å². The largest absolute Gasteiger partial charge is 0.348 e. The summed E-state index contributed by atoms with van der Waals surface area (Å²) < 4.78 is 27.6. The zero-order valence-corrected chi connectivity index (χ0v) is 13.9. The summed E-state index contributed by atoms with van der Waals surface area (Å²) in [6.07, 6.45) is 0. The van der Waals surface area contributed by atoms with Gasteiger partial charge in [-0.2, -0.15) is 0 Å². The van der Waals surface area contributed by atoms with Gasteiger partial charge in [-0.25, -0.2) is 18.7 Å². The van der Waals surface area contributed by atoms with E-state index in [2.05, 4.69) is 20.3 Å². The van der Waals surface area contributed by atoms with Crippen LogP contribution in [0.2, 0.25) is 10.2 Å². The number of anilines is 1. The third-order valence-corrected chi connectivity index (χ3v) is 4.82. The molecule has 0 saturated carbocycles. The molecule has 3 rings (SSSR count). The van der Waals surface area contributed by atoms with E-state index < -0.39 is 24.6 Å². The molecule has 1 aliphatic rings. The fraction of sp³-hybridized carbons (Fsp3) is 0.417. The van der Waals surface area contributed by atoms with Crippen LogP contribution >= 0.6 is 34.5 Å². The summed E-state index contributed by atoms with van der Waals surface area (Å²) in [5.41, 5.74) is 0.882. The Hall–Kier alpha value is -1.29. The third-order valence-electron chi connectivity index (χ3n) is 3.25. The van der Waals surface area contributed by atoms with Crippen LogP contribution in [0.25, 0.3) is 10.7 Å². The minimum atomic E-state index is -2.95. The Labute approximate surface area is 143 Å². The minimum absolute atomic E-state index is 0.0123. The predicted octanol–water partition coefficient (Wildman–Crippen LogP) is 2.25. The lowest BCUT2D eigenvalue weighted by molar-refractivity contribution is 0.0156. The SMILES string of the molecule is O=c1[nH]c(-c2scnc2Cl)nc(N2CCNCC(F)(F)C2)c1Cl. The Morgan fingerprint density at radius 1 is 1.39 bits per heavy atom. The Morgan fingerprint density at radius 2 is 2.17 bits per heavy atom. The number of nitrogens with zero attached hydrogens (tertiary/aromatic N) is 3. The molecule has 2 aromatic heterocycles. The van der Waals surface area contributed by atoms with Gasteiger partial charge in [-0.3, -0.25) is 4.79 Å². The first-order valence-electron chi connectivity index (χ1n) is 6.60. The Bertz CT molecular complexity index is 781. The lowest BCUT2D eigenvalue weighted by Gasteiger charge is -2.25. The van der Waals surface area contributed by atoms with Crippen LogP contribution in [0.3, 0.4) is 0 Å². The normalized spacial score (nSPS) is 18.0. The summed E-state index contributed by atoms with van der Waals surface area (Å²) in [4.78, 5) is 24.4. The van der Waals surface area contributed by atoms with E-state index in [0.29, 0.717) is 11.4 Å². The number of halogens is 4. The molecule has 2 N–H and O–H groups in total. The highest BCUT2D eigenvalue weighted by Crippen LogP contribution is 2.31. The van der Waals surface area contributed by atoms with Gasteiger partial charge in [0.1, 0.15) is 9.90 Å². The molecule has 0 atom stereocenters. The van der Waals surface area contributed by atoms with Crippen molar-refractivity contribution < 1.29 is 8.78 Å². The van der Waals surface area contributed by atoms with Crippen LogP contribution in [-0.4, -0.2) is 47.1 Å². The third kappa shape index (κ3) is 3.47. The molecule has 3 heterocycles. The number of hydrogen-bond acceptors (Lipinski definition) is 6. The van der Waals surface area contributed by atoms with Crippen LogP contribution in [0.1, 0.15) is 0 Å². The Balaban J connectivity index is 2.06. The topological polar surface area (TPSA) is 73.9 Å². The number of alkyl halides is 2. The lowest BCUT2D eigenvalue weighted by atomic mass is 10.3. The number of aromatic amines is 1. The van der Waals surface area contributed by atoms with Gasteiger partial charge in [0.05, 0.1) is 18.6 Å². The second-order valence-electron chi connectivity index (χ2n) is 4.98. The van der Waals surface area contributed by atoms with E-state index in [0.717, 1.165) is 0 Å². The van der Waals surface area contributed by atoms with Crippen molar-refractivity contribution in [3.05, 3.63) is 26.0 Å². The molecule has 11 heteroatoms. The predicted molar refractivity (Wildman–Crippen MR) is 86.0 cm³/mol. The van der Waals surface area contributed by atoms with E-state index in [-0.39, 0.29) is 28.4 Å². The molecule has 1 saturated heterocycles. The van der Waals surface area contributed by atoms with Crippen LogP contribution in [0.15, 0.2) is 10.3 Å². The molecule has 0 radical (unpaired) electrons. The van der Waals surface area contributed by atoms with Crippen molar-refractivity contribution in [2.75, 3.05) is 31.1 Å². The van der Waals surface area contributed by atoms with Gasteiger partial charge in [0.2, 0.25) is 0 Å². The number of aromatic nitrogens is 3. The zero-order chi connectivity index (χ0) is 16.6. The van der Waals surface area contributed by atoms with Gasteiger partial charge in [0.25, 0.3) is 11.5 Å². The summed E-state index contributed by atoms with van der Waals surface area (Å²) in [6, 6.07) is 0. The van der Waals surface area contributed by atoms with E-state index in [1.807, 2.05) is 0 Å². The maximum absolute atomic E-state index is 13.8. The van der Waals surface area contributed by atoms with Crippen LogP contribution < -0.4 is 15.8 Å². The number of nitrogens with one attached hydrogen (secondary N) is 2. The van der Waals surface area contributed by atoms with Gasteiger partial charge in [-0.15, -0.1) is 11.3 Å². The summed E-state index contributed by atoms with van der Waals surface area (Å²) in [6.45, 7) is -0.428. The van der Waals surface area contributed by atoms with Crippen LogP contribution in [-0.2, 0) is 0 Å². The molecule has 2 aromatic rings. The van der Waals surface area contributed by atoms with Crippen molar-refractivity contribution in [3.8, 4) is 10.7 Å². The summed E-state index contributed by atoms with van der Waals surface area (Å²) >= 11 is 13.1. The van der Waals surface area contributed by atoms with E-state index in [1.165, 1.54) is 21.7 Å². The van der Waals surface area contributed by atoms with Gasteiger partial charge in [0.15, 0.2) is 16.8 Å². The first-order chi connectivity index (χ1) is 10.9. The van der Waals surface area contributed by atoms with Crippen LogP contribution in [0, 0.1) is 0 Å². The van der Waals surface area contributed by atoms with Crippen LogP contribution in [0.5, 0.6) is 0 Å². The van der Waals surface area contributed by atoms with E-state index in [4.69, 9.17) is 23.2 Å². The minimum Gasteiger partial charge on any atom is -0.348 e. The molecule has 23 heavy (non-hydrogen) atoms. The van der Waals surface area contributed by atoms with Gasteiger partial charge < -0.3 is 15.2 Å². The monoisotopic (exact) mass is 381 g/mol. The molecule has 0 bridgehead atoms. The fourth-order valence-electron chi connectivity index (χ4n) is 2.23. The summed E-state index contributed by atoms with van der Waals surface area (Å²) in [5.74, 6) is -2.78. The van der Waals surface area contributed by atoms with Crippen molar-refractivity contribution in [2.24, 2.45) is 0 Å². The molecule has 1 aliphatic heterocycles. The first-order valence-corrected chi connectivity index (χ1v) is 8.23. The molecule has 0 aromatic carbocycles. The van der Waals surface area contributed by atoms with Crippen molar-refractivity contribution in [2.45, 2.75) is 5.92 Å². The maximum atomic E-state index is 13.8. The van der Waals surface area contributed by atoms with Gasteiger partial charge >= 0.3 is 0 Å². The smallest absolute Gasteiger partial charge is 0.277 e. The molecule has 0 spiro atoms. The zero-order valence-electron chi connectivity index (χ0n) is 11.6. The Kier molecular flexibility index (Phi) is 4.54. The number of thiazole rings is 1. The molecule has 1 fully saturated rings. The van der Waals surface area contributed by atoms with Crippen LogP contribution in [0.4, 0.5) is 14.6 Å². The second kappa shape index (κ2) is 6.31. The second-order valence-corrected chi connectivity index (χ2v) is 6.57. The highest BCUT2D eigenvalue weighted by molar-refractivity contribution is 7.13. The summed E-state index contributed by atoms with van der Waals surface area (Å²) in [5, 5.41) is 2.59. The highest BCUT2D eigenvalue weighted by Gasteiger charge is 2.35.